The zero-order valence-corrected chi connectivity index (χ0v) is 12.3. The quantitative estimate of drug-likeness (QED) is 0.525. The molecule has 1 nitrogen and oxygen atoms in total. The Morgan fingerprint density at radius 2 is 1.76 bits per heavy atom. The average molecular weight is 237 g/mol. The average Bonchev–Trinajstić information content (AvgIpc) is 2.33. The van der Waals surface area contributed by atoms with Gasteiger partial charge in [0.2, 0.25) is 0 Å². The molecule has 0 rings (SSSR count). The number of unbranched alkanes of at least 4 members (excludes halogenated alkanes) is 1. The third kappa shape index (κ3) is 5.98. The van der Waals surface area contributed by atoms with Crippen molar-refractivity contribution in [2.24, 2.45) is 5.92 Å². The van der Waals surface area contributed by atoms with Crippen molar-refractivity contribution in [3.8, 4) is 0 Å². The molecule has 1 N–H and O–H groups in total. The number of nitrogens with one attached hydrogen (secondary N) is 1. The first-order chi connectivity index (χ1) is 8.14. The molecular weight excluding hydrogens is 206 g/mol. The number of hydrogen-bond acceptors (Lipinski definition) is 1. The molecule has 100 valence electrons. The molecular formula is C16H31N. The maximum atomic E-state index is 3.65. The Hall–Kier alpha value is -0.680. The summed E-state index contributed by atoms with van der Waals surface area (Å²) in [6.07, 6.45) is 10.9. The Morgan fingerprint density at radius 3 is 2.18 bits per heavy atom. The van der Waals surface area contributed by atoms with Gasteiger partial charge in [0, 0.05) is 11.7 Å². The molecule has 0 aliphatic carbocycles. The minimum Gasteiger partial charge on any atom is -0.379 e. The van der Waals surface area contributed by atoms with Crippen molar-refractivity contribution in [1.82, 2.24) is 5.32 Å². The molecule has 0 aliphatic heterocycles. The molecule has 0 radical (unpaired) electrons. The van der Waals surface area contributed by atoms with E-state index in [-0.39, 0.29) is 5.54 Å². The van der Waals surface area contributed by atoms with E-state index in [9.17, 15) is 0 Å². The predicted molar refractivity (Wildman–Crippen MR) is 78.1 cm³/mol. The van der Waals surface area contributed by atoms with Crippen LogP contribution in [0.4, 0.5) is 0 Å². The van der Waals surface area contributed by atoms with E-state index < -0.39 is 0 Å². The van der Waals surface area contributed by atoms with E-state index in [1.807, 2.05) is 6.20 Å². The van der Waals surface area contributed by atoms with Crippen molar-refractivity contribution in [3.05, 3.63) is 18.5 Å². The molecule has 0 saturated heterocycles. The van der Waals surface area contributed by atoms with Crippen LogP contribution in [0.15, 0.2) is 18.5 Å². The monoisotopic (exact) mass is 237 g/mol. The standard InChI is InChI=1S/C16H31N/c1-6-10-13-16(5,17-14-9-4)15(11-7-2)12-8-3/h14-15,17H,4,6-8,10-13H2,1-3,5H3. The zero-order valence-electron chi connectivity index (χ0n) is 12.3. The Labute approximate surface area is 108 Å². The first kappa shape index (κ1) is 16.3. The van der Waals surface area contributed by atoms with Crippen molar-refractivity contribution in [3.63, 3.8) is 0 Å². The van der Waals surface area contributed by atoms with Crippen LogP contribution < -0.4 is 5.32 Å². The van der Waals surface area contributed by atoms with E-state index in [1.54, 1.807) is 0 Å². The lowest BCUT2D eigenvalue weighted by molar-refractivity contribution is 0.204. The Balaban J connectivity index is 4.72. The summed E-state index contributed by atoms with van der Waals surface area (Å²) in [4.78, 5) is 0. The van der Waals surface area contributed by atoms with Gasteiger partial charge >= 0.3 is 0 Å². The Bertz CT molecular complexity index is 222. The lowest BCUT2D eigenvalue weighted by Gasteiger charge is -2.38. The zero-order chi connectivity index (χ0) is 13.1. The van der Waals surface area contributed by atoms with Crippen LogP contribution in [0.2, 0.25) is 0 Å². The van der Waals surface area contributed by atoms with Crippen molar-refractivity contribution < 1.29 is 0 Å². The summed E-state index contributed by atoms with van der Waals surface area (Å²) in [6.45, 7) is 12.9. The van der Waals surface area contributed by atoms with E-state index in [0.29, 0.717) is 0 Å². The van der Waals surface area contributed by atoms with Gasteiger partial charge in [0.25, 0.3) is 0 Å². The molecule has 0 aromatic carbocycles. The van der Waals surface area contributed by atoms with Crippen LogP contribution in [-0.4, -0.2) is 5.54 Å². The molecule has 1 heteroatoms. The summed E-state index contributed by atoms with van der Waals surface area (Å²) in [6, 6.07) is 0. The lowest BCUT2D eigenvalue weighted by Crippen LogP contribution is -2.46. The second-order valence-corrected chi connectivity index (χ2v) is 5.29. The maximum Gasteiger partial charge on any atom is 0.0395 e. The fourth-order valence-corrected chi connectivity index (χ4v) is 2.63. The molecule has 1 atom stereocenters. The first-order valence-corrected chi connectivity index (χ1v) is 7.26. The van der Waals surface area contributed by atoms with Gasteiger partial charge in [-0.05, 0) is 32.1 Å². The van der Waals surface area contributed by atoms with Gasteiger partial charge in [0.05, 0.1) is 0 Å². The fourth-order valence-electron chi connectivity index (χ4n) is 2.63. The van der Waals surface area contributed by atoms with Crippen LogP contribution >= 0.6 is 0 Å². The van der Waals surface area contributed by atoms with Gasteiger partial charge in [-0.3, -0.25) is 0 Å². The van der Waals surface area contributed by atoms with E-state index in [2.05, 4.69) is 45.3 Å². The van der Waals surface area contributed by atoms with Gasteiger partial charge < -0.3 is 5.32 Å². The summed E-state index contributed by atoms with van der Waals surface area (Å²) >= 11 is 0. The third-order valence-electron chi connectivity index (χ3n) is 3.73. The molecule has 0 fully saturated rings. The van der Waals surface area contributed by atoms with Crippen LogP contribution in [0.3, 0.4) is 0 Å². The molecule has 1 unspecified atom stereocenters. The van der Waals surface area contributed by atoms with Gasteiger partial charge in [-0.1, -0.05) is 53.0 Å². The maximum absolute atomic E-state index is 3.65. The van der Waals surface area contributed by atoms with Crippen LogP contribution in [0.25, 0.3) is 0 Å². The molecule has 0 aromatic rings. The van der Waals surface area contributed by atoms with Gasteiger partial charge in [0.15, 0.2) is 0 Å². The Morgan fingerprint density at radius 1 is 1.18 bits per heavy atom. The fraction of sp³-hybridized carbons (Fsp3) is 0.812. The predicted octanol–water partition coefficient (Wildman–Crippen LogP) is 5.04. The van der Waals surface area contributed by atoms with Gasteiger partial charge in [-0.15, -0.1) is 5.73 Å². The largest absolute Gasteiger partial charge is 0.379 e. The smallest absolute Gasteiger partial charge is 0.0395 e. The molecule has 0 saturated carbocycles. The SMILES string of the molecule is C=C=CNC(C)(CCCC)C(CCC)CCC. The molecule has 0 amide bonds. The third-order valence-corrected chi connectivity index (χ3v) is 3.73. The minimum absolute atomic E-state index is 0.215. The summed E-state index contributed by atoms with van der Waals surface area (Å²) < 4.78 is 0. The van der Waals surface area contributed by atoms with Crippen LogP contribution in [0.5, 0.6) is 0 Å². The van der Waals surface area contributed by atoms with E-state index in [4.69, 9.17) is 0 Å². The Kier molecular flexibility index (Phi) is 8.99. The van der Waals surface area contributed by atoms with Crippen molar-refractivity contribution >= 4 is 0 Å². The highest BCUT2D eigenvalue weighted by Crippen LogP contribution is 2.31. The molecule has 0 spiro atoms. The second kappa shape index (κ2) is 9.36. The summed E-state index contributed by atoms with van der Waals surface area (Å²) in [5.41, 5.74) is 3.07. The molecule has 0 bridgehead atoms. The van der Waals surface area contributed by atoms with Crippen molar-refractivity contribution in [1.29, 1.82) is 0 Å². The lowest BCUT2D eigenvalue weighted by atomic mass is 9.76. The van der Waals surface area contributed by atoms with Gasteiger partial charge in [-0.2, -0.15) is 0 Å². The van der Waals surface area contributed by atoms with Gasteiger partial charge in [-0.25, -0.2) is 0 Å². The van der Waals surface area contributed by atoms with E-state index in [1.165, 1.54) is 44.9 Å². The van der Waals surface area contributed by atoms with Crippen LogP contribution in [0.1, 0.15) is 72.6 Å². The topological polar surface area (TPSA) is 12.0 Å². The summed E-state index contributed by atoms with van der Waals surface area (Å²) in [5, 5.41) is 3.55. The molecule has 0 aliphatic rings. The van der Waals surface area contributed by atoms with Crippen molar-refractivity contribution in [2.45, 2.75) is 78.2 Å². The molecule has 0 heterocycles. The van der Waals surface area contributed by atoms with Gasteiger partial charge in [0.1, 0.15) is 0 Å². The van der Waals surface area contributed by atoms with Crippen molar-refractivity contribution in [2.75, 3.05) is 0 Å². The number of hydrogen-bond donors (Lipinski definition) is 1. The second-order valence-electron chi connectivity index (χ2n) is 5.29. The highest BCUT2D eigenvalue weighted by Gasteiger charge is 2.31. The molecule has 0 aromatic heterocycles. The number of rotatable bonds is 10. The highest BCUT2D eigenvalue weighted by molar-refractivity contribution is 4.94. The van der Waals surface area contributed by atoms with E-state index >= 15 is 0 Å². The summed E-state index contributed by atoms with van der Waals surface area (Å²) in [5.74, 6) is 0.758. The summed E-state index contributed by atoms with van der Waals surface area (Å²) in [7, 11) is 0. The first-order valence-electron chi connectivity index (χ1n) is 7.26. The molecule has 17 heavy (non-hydrogen) atoms. The van der Waals surface area contributed by atoms with Crippen LogP contribution in [-0.2, 0) is 0 Å². The normalized spacial score (nSPS) is 14.2. The van der Waals surface area contributed by atoms with Crippen LogP contribution in [0, 0.1) is 5.92 Å². The van der Waals surface area contributed by atoms with E-state index in [0.717, 1.165) is 5.92 Å². The highest BCUT2D eigenvalue weighted by atomic mass is 14.9. The minimum atomic E-state index is 0.215.